The fraction of sp³-hybridized carbons (Fsp3) is 0.632. The minimum Gasteiger partial charge on any atom is -0.396 e. The molecule has 0 aromatic heterocycles. The summed E-state index contributed by atoms with van der Waals surface area (Å²) in [6, 6.07) is 7.99. The molecule has 0 bridgehead atoms. The number of nitrogens with zero attached hydrogens (tertiary/aromatic N) is 1. The molecule has 6 nitrogen and oxygen atoms in total. The average Bonchev–Trinajstić information content (AvgIpc) is 2.63. The number of benzene rings is 1. The van der Waals surface area contributed by atoms with Crippen LogP contribution in [0.1, 0.15) is 31.2 Å². The molecular weight excluding hydrogens is 389 g/mol. The number of aliphatic hydroxyl groups excluding tert-OH is 1. The van der Waals surface area contributed by atoms with E-state index in [1.54, 1.807) is 0 Å². The van der Waals surface area contributed by atoms with Crippen molar-refractivity contribution in [1.82, 2.24) is 4.90 Å². The third kappa shape index (κ3) is 6.59. The number of nitrogens with one attached hydrogen (secondary N) is 1. The van der Waals surface area contributed by atoms with Gasteiger partial charge in [0, 0.05) is 32.1 Å². The van der Waals surface area contributed by atoms with Crippen LogP contribution in [-0.4, -0.2) is 54.4 Å². The summed E-state index contributed by atoms with van der Waals surface area (Å²) in [4.78, 5) is 14.9. The van der Waals surface area contributed by atoms with Gasteiger partial charge in [-0.25, -0.2) is 0 Å². The van der Waals surface area contributed by atoms with E-state index in [1.807, 2.05) is 18.2 Å². The van der Waals surface area contributed by atoms with E-state index >= 15 is 0 Å². The predicted molar refractivity (Wildman–Crippen MR) is 112 cm³/mol. The summed E-state index contributed by atoms with van der Waals surface area (Å²) < 4.78 is 5.30. The maximum Gasteiger partial charge on any atom is 0.244 e. The third-order valence-electron chi connectivity index (χ3n) is 5.39. The Morgan fingerprint density at radius 1 is 1.26 bits per heavy atom. The van der Waals surface area contributed by atoms with Crippen LogP contribution in [0.3, 0.4) is 0 Å². The van der Waals surface area contributed by atoms with Crippen molar-refractivity contribution in [2.75, 3.05) is 38.2 Å². The summed E-state index contributed by atoms with van der Waals surface area (Å²) in [5, 5.41) is 12.2. The van der Waals surface area contributed by atoms with Gasteiger partial charge in [0.25, 0.3) is 0 Å². The number of likely N-dealkylation sites (tertiary alicyclic amines) is 1. The highest BCUT2D eigenvalue weighted by Crippen LogP contribution is 2.22. The van der Waals surface area contributed by atoms with Crippen LogP contribution < -0.4 is 11.1 Å². The van der Waals surface area contributed by atoms with Crippen LogP contribution in [0.5, 0.6) is 0 Å². The van der Waals surface area contributed by atoms with Crippen molar-refractivity contribution in [1.29, 1.82) is 0 Å². The number of hydrogen-bond acceptors (Lipinski definition) is 5. The average molecular weight is 420 g/mol. The molecule has 0 saturated carbocycles. The Labute approximate surface area is 173 Å². The summed E-state index contributed by atoms with van der Waals surface area (Å²) in [5.74, 6) is 0.318. The van der Waals surface area contributed by atoms with Crippen molar-refractivity contribution < 1.29 is 14.6 Å². The van der Waals surface area contributed by atoms with Gasteiger partial charge in [-0.15, -0.1) is 24.8 Å². The number of aliphatic hydroxyl groups is 1. The maximum atomic E-state index is 12.5. The van der Waals surface area contributed by atoms with Crippen molar-refractivity contribution in [3.05, 3.63) is 29.8 Å². The molecule has 2 saturated heterocycles. The fourth-order valence-electron chi connectivity index (χ4n) is 3.55. The molecule has 0 spiro atoms. The van der Waals surface area contributed by atoms with Gasteiger partial charge in [0.2, 0.25) is 5.91 Å². The number of nitrogens with two attached hydrogens (primary N) is 1. The Morgan fingerprint density at radius 2 is 1.93 bits per heavy atom. The van der Waals surface area contributed by atoms with Gasteiger partial charge < -0.3 is 20.9 Å². The number of anilines is 1. The number of ether oxygens (including phenoxy) is 1. The van der Waals surface area contributed by atoms with Crippen LogP contribution in [0.2, 0.25) is 0 Å². The van der Waals surface area contributed by atoms with Crippen LogP contribution in [0, 0.1) is 5.92 Å². The van der Waals surface area contributed by atoms with Crippen LogP contribution in [0.15, 0.2) is 24.3 Å². The van der Waals surface area contributed by atoms with E-state index in [4.69, 9.17) is 10.5 Å². The topological polar surface area (TPSA) is 87.8 Å². The Bertz CT molecular complexity index is 589. The lowest BCUT2D eigenvalue weighted by atomic mass is 9.90. The van der Waals surface area contributed by atoms with Gasteiger partial charge in [-0.2, -0.15) is 0 Å². The third-order valence-corrected chi connectivity index (χ3v) is 5.39. The molecule has 2 fully saturated rings. The van der Waals surface area contributed by atoms with E-state index in [0.29, 0.717) is 38.6 Å². The van der Waals surface area contributed by atoms with E-state index < -0.39 is 5.54 Å². The lowest BCUT2D eigenvalue weighted by Crippen LogP contribution is -2.54. The molecule has 8 heteroatoms. The summed E-state index contributed by atoms with van der Waals surface area (Å²) in [7, 11) is 0. The molecule has 1 amide bonds. The van der Waals surface area contributed by atoms with Crippen LogP contribution in [0.25, 0.3) is 0 Å². The zero-order valence-electron chi connectivity index (χ0n) is 15.6. The SMILES string of the molecule is Cl.Cl.NC1(C(=O)Nc2cccc(CN3CCC(CO)CC3)c2)CCOCC1. The van der Waals surface area contributed by atoms with Crippen molar-refractivity contribution >= 4 is 36.4 Å². The van der Waals surface area contributed by atoms with Gasteiger partial charge in [0.05, 0.1) is 0 Å². The first-order chi connectivity index (χ1) is 12.1. The van der Waals surface area contributed by atoms with Crippen LogP contribution in [0.4, 0.5) is 5.69 Å². The van der Waals surface area contributed by atoms with Crippen molar-refractivity contribution in [2.45, 2.75) is 37.8 Å². The number of halogens is 2. The van der Waals surface area contributed by atoms with Gasteiger partial charge in [0.1, 0.15) is 5.54 Å². The van der Waals surface area contributed by atoms with E-state index in [1.165, 1.54) is 5.56 Å². The molecule has 0 aliphatic carbocycles. The van der Waals surface area contributed by atoms with E-state index in [9.17, 15) is 9.90 Å². The lowest BCUT2D eigenvalue weighted by Gasteiger charge is -2.32. The smallest absolute Gasteiger partial charge is 0.244 e. The molecular formula is C19H31Cl2N3O3. The number of carbonyl (C=O) groups excluding carboxylic acids is 1. The number of hydrogen-bond donors (Lipinski definition) is 3. The van der Waals surface area contributed by atoms with Crippen LogP contribution >= 0.6 is 24.8 Å². The largest absolute Gasteiger partial charge is 0.396 e. The second-order valence-corrected chi connectivity index (χ2v) is 7.33. The minimum atomic E-state index is -0.833. The van der Waals surface area contributed by atoms with Crippen LogP contribution in [-0.2, 0) is 16.1 Å². The van der Waals surface area contributed by atoms with Crippen molar-refractivity contribution in [3.8, 4) is 0 Å². The zero-order chi connectivity index (χ0) is 17.7. The number of carbonyl (C=O) groups is 1. The fourth-order valence-corrected chi connectivity index (χ4v) is 3.55. The molecule has 1 aromatic rings. The summed E-state index contributed by atoms with van der Waals surface area (Å²) in [6.07, 6.45) is 3.20. The first-order valence-corrected chi connectivity index (χ1v) is 9.19. The molecule has 2 aliphatic rings. The Balaban J connectivity index is 0.00000182. The highest BCUT2D eigenvalue weighted by atomic mass is 35.5. The summed E-state index contributed by atoms with van der Waals surface area (Å²) in [5.41, 5.74) is 7.38. The second kappa shape index (κ2) is 11.2. The van der Waals surface area contributed by atoms with E-state index in [0.717, 1.165) is 38.2 Å². The predicted octanol–water partition coefficient (Wildman–Crippen LogP) is 2.18. The summed E-state index contributed by atoms with van der Waals surface area (Å²) >= 11 is 0. The minimum absolute atomic E-state index is 0. The first kappa shape index (κ1) is 24.1. The van der Waals surface area contributed by atoms with Gasteiger partial charge in [-0.05, 0) is 62.4 Å². The normalized spacial score (nSPS) is 20.2. The van der Waals surface area contributed by atoms with E-state index in [-0.39, 0.29) is 30.7 Å². The highest BCUT2D eigenvalue weighted by molar-refractivity contribution is 5.98. The van der Waals surface area contributed by atoms with Crippen molar-refractivity contribution in [2.24, 2.45) is 11.7 Å². The molecule has 1 aromatic carbocycles. The number of piperidine rings is 1. The number of rotatable bonds is 5. The van der Waals surface area contributed by atoms with Gasteiger partial charge in [0.15, 0.2) is 0 Å². The molecule has 4 N–H and O–H groups in total. The molecule has 0 unspecified atom stereocenters. The molecule has 0 radical (unpaired) electrons. The van der Waals surface area contributed by atoms with Crippen molar-refractivity contribution in [3.63, 3.8) is 0 Å². The summed E-state index contributed by atoms with van der Waals surface area (Å²) in [6.45, 7) is 4.24. The Kier molecular flexibility index (Phi) is 10.0. The first-order valence-electron chi connectivity index (χ1n) is 9.19. The highest BCUT2D eigenvalue weighted by Gasteiger charge is 2.35. The molecule has 2 aliphatic heterocycles. The van der Waals surface area contributed by atoms with Gasteiger partial charge >= 0.3 is 0 Å². The van der Waals surface area contributed by atoms with Gasteiger partial charge in [-0.1, -0.05) is 12.1 Å². The molecule has 154 valence electrons. The Morgan fingerprint density at radius 3 is 2.56 bits per heavy atom. The van der Waals surface area contributed by atoms with Gasteiger partial charge in [-0.3, -0.25) is 9.69 Å². The maximum absolute atomic E-state index is 12.5. The number of amides is 1. The zero-order valence-corrected chi connectivity index (χ0v) is 17.2. The quantitative estimate of drug-likeness (QED) is 0.680. The second-order valence-electron chi connectivity index (χ2n) is 7.33. The standard InChI is InChI=1S/C19H29N3O3.2ClH/c20-19(6-10-25-11-7-19)18(24)21-17-3-1-2-16(12-17)13-22-8-4-15(14-23)5-9-22;;/h1-3,12,15,23H,4-11,13-14,20H2,(H,21,24);2*1H. The molecule has 2 heterocycles. The molecule has 27 heavy (non-hydrogen) atoms. The monoisotopic (exact) mass is 419 g/mol. The Hall–Kier alpha value is -0.890. The molecule has 0 atom stereocenters. The van der Waals surface area contributed by atoms with E-state index in [2.05, 4.69) is 16.3 Å². The lowest BCUT2D eigenvalue weighted by molar-refractivity contribution is -0.124. The molecule has 3 rings (SSSR count).